The molecule has 70 valence electrons. The molecule has 1 aromatic carbocycles. The summed E-state index contributed by atoms with van der Waals surface area (Å²) in [5, 5.41) is 0. The van der Waals surface area contributed by atoms with Crippen LogP contribution >= 0.6 is 11.6 Å². The summed E-state index contributed by atoms with van der Waals surface area (Å²) in [4.78, 5) is 0.0882. The van der Waals surface area contributed by atoms with Crippen molar-refractivity contribution in [2.75, 3.05) is 0 Å². The second-order valence-electron chi connectivity index (χ2n) is 4.37. The molecule has 0 aromatic heterocycles. The monoisotopic (exact) mass is 194 g/mol. The van der Waals surface area contributed by atoms with E-state index in [0.717, 1.165) is 6.42 Å². The minimum absolute atomic E-state index is 0.0882. The van der Waals surface area contributed by atoms with E-state index in [0.29, 0.717) is 5.92 Å². The fourth-order valence-electron chi connectivity index (χ4n) is 1.72. The molecule has 2 unspecified atom stereocenters. The molecule has 1 aromatic rings. The van der Waals surface area contributed by atoms with Gasteiger partial charge in [0, 0.05) is 4.87 Å². The Morgan fingerprint density at radius 2 is 1.92 bits per heavy atom. The highest BCUT2D eigenvalue weighted by Crippen LogP contribution is 2.50. The van der Waals surface area contributed by atoms with E-state index in [4.69, 9.17) is 11.6 Å². The first-order valence-corrected chi connectivity index (χ1v) is 5.20. The summed E-state index contributed by atoms with van der Waals surface area (Å²) in [6.45, 7) is 4.25. The van der Waals surface area contributed by atoms with Crippen molar-refractivity contribution in [3.8, 4) is 0 Å². The molecule has 0 N–H and O–H groups in total. The Morgan fingerprint density at radius 1 is 1.38 bits per heavy atom. The van der Waals surface area contributed by atoms with Gasteiger partial charge in [-0.1, -0.05) is 29.8 Å². The Balaban J connectivity index is 2.00. The first-order chi connectivity index (χ1) is 6.08. The molecule has 0 spiro atoms. The molecular formula is C12H15Cl. The molecule has 1 fully saturated rings. The summed E-state index contributed by atoms with van der Waals surface area (Å²) >= 11 is 6.19. The van der Waals surface area contributed by atoms with E-state index in [1.165, 1.54) is 17.5 Å². The van der Waals surface area contributed by atoms with Crippen LogP contribution in [-0.4, -0.2) is 4.87 Å². The lowest BCUT2D eigenvalue weighted by Crippen LogP contribution is -1.97. The lowest BCUT2D eigenvalue weighted by molar-refractivity contribution is 0.768. The van der Waals surface area contributed by atoms with Crippen molar-refractivity contribution in [1.29, 1.82) is 0 Å². The van der Waals surface area contributed by atoms with Gasteiger partial charge in [0.05, 0.1) is 0 Å². The molecule has 0 radical (unpaired) electrons. The van der Waals surface area contributed by atoms with Crippen molar-refractivity contribution in [1.82, 2.24) is 0 Å². The second kappa shape index (κ2) is 3.02. The van der Waals surface area contributed by atoms with Gasteiger partial charge in [0.1, 0.15) is 0 Å². The third kappa shape index (κ3) is 2.05. The van der Waals surface area contributed by atoms with Crippen LogP contribution in [0.15, 0.2) is 24.3 Å². The van der Waals surface area contributed by atoms with Gasteiger partial charge in [-0.05, 0) is 38.2 Å². The highest BCUT2D eigenvalue weighted by molar-refractivity contribution is 6.25. The standard InChI is InChI=1S/C12H15Cl/c1-9-3-5-10(6-4-9)7-11-8-12(11,2)13/h3-6,11H,7-8H2,1-2H3. The van der Waals surface area contributed by atoms with Gasteiger partial charge >= 0.3 is 0 Å². The number of alkyl halides is 1. The zero-order valence-electron chi connectivity index (χ0n) is 8.18. The molecule has 0 aliphatic heterocycles. The van der Waals surface area contributed by atoms with Gasteiger partial charge in [0.15, 0.2) is 0 Å². The quantitative estimate of drug-likeness (QED) is 0.632. The molecule has 1 heteroatoms. The molecule has 1 aliphatic carbocycles. The highest BCUT2D eigenvalue weighted by Gasteiger charge is 2.47. The number of hydrogen-bond acceptors (Lipinski definition) is 0. The summed E-state index contributed by atoms with van der Waals surface area (Å²) in [6, 6.07) is 8.76. The van der Waals surface area contributed by atoms with Gasteiger partial charge < -0.3 is 0 Å². The zero-order chi connectivity index (χ0) is 9.47. The van der Waals surface area contributed by atoms with Gasteiger partial charge in [-0.25, -0.2) is 0 Å². The van der Waals surface area contributed by atoms with Gasteiger partial charge in [-0.2, -0.15) is 0 Å². The van der Waals surface area contributed by atoms with Crippen LogP contribution in [0.3, 0.4) is 0 Å². The van der Waals surface area contributed by atoms with Crippen molar-refractivity contribution in [2.24, 2.45) is 5.92 Å². The molecule has 2 rings (SSSR count). The van der Waals surface area contributed by atoms with Crippen molar-refractivity contribution in [3.05, 3.63) is 35.4 Å². The summed E-state index contributed by atoms with van der Waals surface area (Å²) in [5.41, 5.74) is 2.74. The van der Waals surface area contributed by atoms with Crippen LogP contribution in [0, 0.1) is 12.8 Å². The molecule has 0 bridgehead atoms. The van der Waals surface area contributed by atoms with Crippen molar-refractivity contribution < 1.29 is 0 Å². The van der Waals surface area contributed by atoms with Crippen molar-refractivity contribution in [3.63, 3.8) is 0 Å². The van der Waals surface area contributed by atoms with E-state index >= 15 is 0 Å². The number of aryl methyl sites for hydroxylation is 1. The third-order valence-corrected chi connectivity index (χ3v) is 3.40. The average molecular weight is 195 g/mol. The largest absolute Gasteiger partial charge is 0.119 e. The molecule has 1 saturated carbocycles. The molecule has 13 heavy (non-hydrogen) atoms. The molecule has 2 atom stereocenters. The maximum absolute atomic E-state index is 6.19. The predicted octanol–water partition coefficient (Wildman–Crippen LogP) is 3.55. The van der Waals surface area contributed by atoms with Crippen LogP contribution in [0.5, 0.6) is 0 Å². The normalized spacial score (nSPS) is 31.8. The number of benzene rings is 1. The number of hydrogen-bond donors (Lipinski definition) is 0. The third-order valence-electron chi connectivity index (χ3n) is 2.94. The Morgan fingerprint density at radius 3 is 2.38 bits per heavy atom. The van der Waals surface area contributed by atoms with Gasteiger partial charge in [0.25, 0.3) is 0 Å². The van der Waals surface area contributed by atoms with E-state index < -0.39 is 0 Å². The van der Waals surface area contributed by atoms with E-state index in [1.54, 1.807) is 0 Å². The number of halogens is 1. The highest BCUT2D eigenvalue weighted by atomic mass is 35.5. The van der Waals surface area contributed by atoms with Crippen molar-refractivity contribution in [2.45, 2.75) is 31.6 Å². The summed E-state index contributed by atoms with van der Waals surface area (Å²) < 4.78 is 0. The predicted molar refractivity (Wildman–Crippen MR) is 57.2 cm³/mol. The Bertz CT molecular complexity index is 297. The molecule has 1 aliphatic rings. The van der Waals surface area contributed by atoms with Gasteiger partial charge in [0.2, 0.25) is 0 Å². The molecule has 0 amide bonds. The van der Waals surface area contributed by atoms with Crippen molar-refractivity contribution >= 4 is 11.6 Å². The first-order valence-electron chi connectivity index (χ1n) is 4.82. The number of rotatable bonds is 2. The lowest BCUT2D eigenvalue weighted by Gasteiger charge is -2.02. The summed E-state index contributed by atoms with van der Waals surface area (Å²) in [5.74, 6) is 0.692. The molecule has 0 heterocycles. The van der Waals surface area contributed by atoms with Crippen LogP contribution in [-0.2, 0) is 6.42 Å². The maximum atomic E-state index is 6.19. The van der Waals surface area contributed by atoms with E-state index in [-0.39, 0.29) is 4.87 Å². The lowest BCUT2D eigenvalue weighted by atomic mass is 10.1. The van der Waals surface area contributed by atoms with Crippen LogP contribution in [0.25, 0.3) is 0 Å². The molecule has 0 nitrogen and oxygen atoms in total. The minimum atomic E-state index is 0.0882. The Labute approximate surface area is 84.9 Å². The van der Waals surface area contributed by atoms with Gasteiger partial charge in [-0.3, -0.25) is 0 Å². The minimum Gasteiger partial charge on any atom is -0.119 e. The first kappa shape index (κ1) is 9.08. The molecule has 0 saturated heterocycles. The van der Waals surface area contributed by atoms with Crippen LogP contribution in [0.2, 0.25) is 0 Å². The SMILES string of the molecule is Cc1ccc(CC2CC2(C)Cl)cc1. The maximum Gasteiger partial charge on any atom is 0.0454 e. The van der Waals surface area contributed by atoms with Crippen LogP contribution in [0.1, 0.15) is 24.5 Å². The fraction of sp³-hybridized carbons (Fsp3) is 0.500. The zero-order valence-corrected chi connectivity index (χ0v) is 8.93. The van der Waals surface area contributed by atoms with E-state index in [1.807, 2.05) is 0 Å². The summed E-state index contributed by atoms with van der Waals surface area (Å²) in [7, 11) is 0. The van der Waals surface area contributed by atoms with E-state index in [9.17, 15) is 0 Å². The Hall–Kier alpha value is -0.490. The van der Waals surface area contributed by atoms with Crippen LogP contribution in [0.4, 0.5) is 0 Å². The topological polar surface area (TPSA) is 0 Å². The summed E-state index contributed by atoms with van der Waals surface area (Å²) in [6.07, 6.45) is 2.31. The smallest absolute Gasteiger partial charge is 0.0454 e. The molecular weight excluding hydrogens is 180 g/mol. The van der Waals surface area contributed by atoms with Gasteiger partial charge in [-0.15, -0.1) is 11.6 Å². The van der Waals surface area contributed by atoms with E-state index in [2.05, 4.69) is 38.1 Å². The second-order valence-corrected chi connectivity index (χ2v) is 5.23. The average Bonchev–Trinajstić information content (AvgIpc) is 2.64. The van der Waals surface area contributed by atoms with Crippen LogP contribution < -0.4 is 0 Å². The fourth-order valence-corrected chi connectivity index (χ4v) is 1.98. The Kier molecular flexibility index (Phi) is 2.11.